The summed E-state index contributed by atoms with van der Waals surface area (Å²) in [6.45, 7) is 4.41. The highest BCUT2D eigenvalue weighted by Gasteiger charge is 2.32. The molecule has 5 nitrogen and oxygen atoms in total. The van der Waals surface area contributed by atoms with E-state index in [2.05, 4.69) is 4.72 Å². The van der Waals surface area contributed by atoms with Crippen molar-refractivity contribution >= 4 is 27.3 Å². The number of anilines is 2. The number of benzene rings is 2. The Hall–Kier alpha value is -2.34. The first-order chi connectivity index (χ1) is 13.3. The van der Waals surface area contributed by atoms with Crippen molar-refractivity contribution in [3.05, 3.63) is 53.1 Å². The minimum Gasteiger partial charge on any atom is -0.312 e. The molecule has 1 saturated carbocycles. The van der Waals surface area contributed by atoms with Gasteiger partial charge in [-0.3, -0.25) is 9.52 Å². The van der Waals surface area contributed by atoms with Gasteiger partial charge in [0, 0.05) is 18.2 Å². The van der Waals surface area contributed by atoms with Gasteiger partial charge in [0.15, 0.2) is 0 Å². The molecule has 4 rings (SSSR count). The van der Waals surface area contributed by atoms with E-state index < -0.39 is 10.0 Å². The number of hydrogen-bond donors (Lipinski definition) is 1. The Labute approximate surface area is 166 Å². The summed E-state index contributed by atoms with van der Waals surface area (Å²) in [5, 5.41) is 0. The first-order valence-electron chi connectivity index (χ1n) is 9.89. The molecule has 1 amide bonds. The summed E-state index contributed by atoms with van der Waals surface area (Å²) in [6, 6.07) is 10.8. The predicted octanol–water partition coefficient (Wildman–Crippen LogP) is 4.18. The normalized spacial score (nSPS) is 17.0. The number of hydrogen-bond acceptors (Lipinski definition) is 3. The summed E-state index contributed by atoms with van der Waals surface area (Å²) in [4.78, 5) is 15.0. The minimum atomic E-state index is -3.69. The highest BCUT2D eigenvalue weighted by Crippen LogP contribution is 2.35. The monoisotopic (exact) mass is 398 g/mol. The molecule has 1 heterocycles. The van der Waals surface area contributed by atoms with Gasteiger partial charge in [-0.1, -0.05) is 36.6 Å². The number of sulfonamides is 1. The number of rotatable bonds is 4. The fourth-order valence-electron chi connectivity index (χ4n) is 4.38. The lowest BCUT2D eigenvalue weighted by Crippen LogP contribution is -2.33. The van der Waals surface area contributed by atoms with Crippen molar-refractivity contribution < 1.29 is 13.2 Å². The van der Waals surface area contributed by atoms with Crippen LogP contribution >= 0.6 is 0 Å². The van der Waals surface area contributed by atoms with Crippen LogP contribution in [0.2, 0.25) is 0 Å². The highest BCUT2D eigenvalue weighted by molar-refractivity contribution is 7.92. The largest absolute Gasteiger partial charge is 0.312 e. The van der Waals surface area contributed by atoms with Gasteiger partial charge in [-0.05, 0) is 62.4 Å². The molecule has 1 fully saturated rings. The third-order valence-electron chi connectivity index (χ3n) is 5.82. The average molecular weight is 399 g/mol. The van der Waals surface area contributed by atoms with Crippen molar-refractivity contribution in [2.45, 2.75) is 50.8 Å². The average Bonchev–Trinajstić information content (AvgIpc) is 3.30. The molecular weight excluding hydrogens is 372 g/mol. The second-order valence-corrected chi connectivity index (χ2v) is 9.59. The van der Waals surface area contributed by atoms with E-state index in [4.69, 9.17) is 0 Å². The Morgan fingerprint density at radius 2 is 1.82 bits per heavy atom. The van der Waals surface area contributed by atoms with Gasteiger partial charge in [-0.15, -0.1) is 0 Å². The molecule has 0 unspecified atom stereocenters. The molecule has 0 spiro atoms. The van der Waals surface area contributed by atoms with Crippen molar-refractivity contribution in [1.29, 1.82) is 0 Å². The van der Waals surface area contributed by atoms with Gasteiger partial charge in [0.2, 0.25) is 5.91 Å². The second-order valence-electron chi connectivity index (χ2n) is 7.94. The molecule has 0 atom stereocenters. The molecule has 148 valence electrons. The van der Waals surface area contributed by atoms with Gasteiger partial charge in [0.25, 0.3) is 10.0 Å². The molecule has 0 saturated heterocycles. The van der Waals surface area contributed by atoms with E-state index in [9.17, 15) is 13.2 Å². The third-order valence-corrected chi connectivity index (χ3v) is 7.36. The maximum Gasteiger partial charge on any atom is 0.262 e. The van der Waals surface area contributed by atoms with Crippen LogP contribution in [0.25, 0.3) is 0 Å². The summed E-state index contributed by atoms with van der Waals surface area (Å²) in [5.74, 6) is 0.298. The smallest absolute Gasteiger partial charge is 0.262 e. The zero-order valence-corrected chi connectivity index (χ0v) is 17.2. The van der Waals surface area contributed by atoms with E-state index in [0.717, 1.165) is 48.9 Å². The van der Waals surface area contributed by atoms with Gasteiger partial charge in [-0.2, -0.15) is 0 Å². The van der Waals surface area contributed by atoms with E-state index in [1.165, 1.54) is 0 Å². The number of carbonyl (C=O) groups is 1. The fourth-order valence-corrected chi connectivity index (χ4v) is 5.65. The first-order valence-corrected chi connectivity index (χ1v) is 11.4. The van der Waals surface area contributed by atoms with Crippen LogP contribution in [0.5, 0.6) is 0 Å². The Balaban J connectivity index is 1.60. The number of aryl methyl sites for hydroxylation is 2. The molecule has 0 radical (unpaired) electrons. The molecule has 0 aromatic heterocycles. The minimum absolute atomic E-state index is 0.113. The van der Waals surface area contributed by atoms with Gasteiger partial charge in [0.1, 0.15) is 0 Å². The van der Waals surface area contributed by atoms with Crippen LogP contribution in [0.4, 0.5) is 11.4 Å². The van der Waals surface area contributed by atoms with Gasteiger partial charge < -0.3 is 4.90 Å². The Morgan fingerprint density at radius 1 is 1.07 bits per heavy atom. The summed E-state index contributed by atoms with van der Waals surface area (Å²) in [5.41, 5.74) is 4.17. The van der Waals surface area contributed by atoms with E-state index >= 15 is 0 Å². The lowest BCUT2D eigenvalue weighted by molar-refractivity contribution is -0.122. The Kier molecular flexibility index (Phi) is 4.91. The molecule has 2 aliphatic rings. The third kappa shape index (κ3) is 3.53. The number of nitrogens with zero attached hydrogens (tertiary/aromatic N) is 1. The summed E-state index contributed by atoms with van der Waals surface area (Å²) in [6.07, 6.45) is 4.98. The van der Waals surface area contributed by atoms with Crippen molar-refractivity contribution in [1.82, 2.24) is 0 Å². The van der Waals surface area contributed by atoms with Crippen LogP contribution < -0.4 is 9.62 Å². The van der Waals surface area contributed by atoms with Gasteiger partial charge in [-0.25, -0.2) is 8.42 Å². The van der Waals surface area contributed by atoms with Crippen LogP contribution in [-0.4, -0.2) is 20.9 Å². The first kappa shape index (κ1) is 19.0. The summed E-state index contributed by atoms with van der Waals surface area (Å²) >= 11 is 0. The predicted molar refractivity (Wildman–Crippen MR) is 111 cm³/mol. The SMILES string of the molecule is Cc1ccc(S(=O)(=O)Nc2ccc3c(c2)N(C(=O)C2CCCC2)CC3)c(C)c1. The molecule has 28 heavy (non-hydrogen) atoms. The lowest BCUT2D eigenvalue weighted by atomic mass is 10.1. The molecule has 6 heteroatoms. The molecule has 1 N–H and O–H groups in total. The summed E-state index contributed by atoms with van der Waals surface area (Å²) < 4.78 is 28.4. The number of carbonyl (C=O) groups excluding carboxylic acids is 1. The van der Waals surface area contributed by atoms with Crippen LogP contribution in [-0.2, 0) is 21.2 Å². The van der Waals surface area contributed by atoms with Crippen LogP contribution in [0.1, 0.15) is 42.4 Å². The number of nitrogens with one attached hydrogen (secondary N) is 1. The number of amides is 1. The van der Waals surface area contributed by atoms with E-state index in [0.29, 0.717) is 17.8 Å². The fraction of sp³-hybridized carbons (Fsp3) is 0.409. The van der Waals surface area contributed by atoms with Crippen LogP contribution in [0.3, 0.4) is 0 Å². The molecular formula is C22H26N2O3S. The zero-order valence-electron chi connectivity index (χ0n) is 16.4. The lowest BCUT2D eigenvalue weighted by Gasteiger charge is -2.22. The quantitative estimate of drug-likeness (QED) is 0.840. The Bertz CT molecular complexity index is 1020. The van der Waals surface area contributed by atoms with Crippen molar-refractivity contribution in [2.24, 2.45) is 5.92 Å². The molecule has 1 aliphatic carbocycles. The summed E-state index contributed by atoms with van der Waals surface area (Å²) in [7, 11) is -3.69. The molecule has 1 aliphatic heterocycles. The van der Waals surface area contributed by atoms with Crippen molar-refractivity contribution in [3.8, 4) is 0 Å². The number of fused-ring (bicyclic) bond motifs is 1. The van der Waals surface area contributed by atoms with Crippen LogP contribution in [0, 0.1) is 19.8 Å². The van der Waals surface area contributed by atoms with E-state index in [-0.39, 0.29) is 16.7 Å². The van der Waals surface area contributed by atoms with E-state index in [1.807, 2.05) is 24.0 Å². The maximum atomic E-state index is 12.9. The topological polar surface area (TPSA) is 66.5 Å². The zero-order chi connectivity index (χ0) is 19.9. The Morgan fingerprint density at radius 3 is 2.54 bits per heavy atom. The molecule has 0 bridgehead atoms. The van der Waals surface area contributed by atoms with Crippen LogP contribution in [0.15, 0.2) is 41.3 Å². The second kappa shape index (κ2) is 7.24. The van der Waals surface area contributed by atoms with E-state index in [1.54, 1.807) is 31.2 Å². The van der Waals surface area contributed by atoms with Crippen molar-refractivity contribution in [3.63, 3.8) is 0 Å². The standard InChI is InChI=1S/C22H26N2O3S/c1-15-7-10-21(16(2)13-15)28(26,27)23-19-9-8-17-11-12-24(20(17)14-19)22(25)18-5-3-4-6-18/h7-10,13-14,18,23H,3-6,11-12H2,1-2H3. The van der Waals surface area contributed by atoms with Gasteiger partial charge in [0.05, 0.1) is 10.6 Å². The molecule has 2 aromatic rings. The van der Waals surface area contributed by atoms with Crippen molar-refractivity contribution in [2.75, 3.05) is 16.2 Å². The molecule has 2 aromatic carbocycles. The maximum absolute atomic E-state index is 12.9. The van der Waals surface area contributed by atoms with Gasteiger partial charge >= 0.3 is 0 Å². The highest BCUT2D eigenvalue weighted by atomic mass is 32.2.